The van der Waals surface area contributed by atoms with Crippen molar-refractivity contribution in [2.45, 2.75) is 13.0 Å². The van der Waals surface area contributed by atoms with Gasteiger partial charge in [-0.05, 0) is 19.1 Å². The minimum atomic E-state index is -1.12. The highest BCUT2D eigenvalue weighted by atomic mass is 35.5. The van der Waals surface area contributed by atoms with Gasteiger partial charge in [0.25, 0.3) is 0 Å². The number of ether oxygens (including phenoxy) is 2. The molecule has 0 radical (unpaired) electrons. The zero-order chi connectivity index (χ0) is 12.3. The van der Waals surface area contributed by atoms with Crippen molar-refractivity contribution in [2.75, 3.05) is 7.11 Å². The van der Waals surface area contributed by atoms with Crippen LogP contribution in [0.5, 0.6) is 5.75 Å². The van der Waals surface area contributed by atoms with E-state index in [1.807, 2.05) is 0 Å². The van der Waals surface area contributed by atoms with Gasteiger partial charge in [0.15, 0.2) is 23.5 Å². The Balaban J connectivity index is 2.97. The SMILES string of the molecule is COC(=O)C(C)Oc1c(F)ccc(Cl)c1F. The number of rotatable bonds is 3. The van der Waals surface area contributed by atoms with Gasteiger partial charge in [0.05, 0.1) is 12.1 Å². The first kappa shape index (κ1) is 12.7. The quantitative estimate of drug-likeness (QED) is 0.611. The summed E-state index contributed by atoms with van der Waals surface area (Å²) in [5, 5.41) is -0.284. The molecule has 0 fully saturated rings. The molecule has 16 heavy (non-hydrogen) atoms. The van der Waals surface area contributed by atoms with Crippen LogP contribution in [0, 0.1) is 11.6 Å². The first-order chi connectivity index (χ1) is 7.47. The molecule has 0 aliphatic heterocycles. The number of esters is 1. The second-order valence-electron chi connectivity index (χ2n) is 2.96. The Bertz CT molecular complexity index is 409. The van der Waals surface area contributed by atoms with Gasteiger partial charge < -0.3 is 9.47 Å². The third-order valence-corrected chi connectivity index (χ3v) is 2.12. The first-order valence-corrected chi connectivity index (χ1v) is 4.73. The molecule has 6 heteroatoms. The summed E-state index contributed by atoms with van der Waals surface area (Å²) >= 11 is 5.44. The first-order valence-electron chi connectivity index (χ1n) is 4.35. The summed E-state index contributed by atoms with van der Waals surface area (Å²) in [5.41, 5.74) is 0. The van der Waals surface area contributed by atoms with Crippen molar-refractivity contribution in [3.63, 3.8) is 0 Å². The highest BCUT2D eigenvalue weighted by molar-refractivity contribution is 6.30. The lowest BCUT2D eigenvalue weighted by Gasteiger charge is -2.13. The average molecular weight is 251 g/mol. The summed E-state index contributed by atoms with van der Waals surface area (Å²) < 4.78 is 35.7. The lowest BCUT2D eigenvalue weighted by molar-refractivity contribution is -0.148. The van der Waals surface area contributed by atoms with Crippen LogP contribution < -0.4 is 4.74 Å². The van der Waals surface area contributed by atoms with Gasteiger partial charge in [-0.15, -0.1) is 0 Å². The Hall–Kier alpha value is -1.36. The Labute approximate surface area is 95.9 Å². The van der Waals surface area contributed by atoms with E-state index in [4.69, 9.17) is 16.3 Å². The molecule has 0 aromatic heterocycles. The zero-order valence-electron chi connectivity index (χ0n) is 8.59. The van der Waals surface area contributed by atoms with Crippen LogP contribution in [0.3, 0.4) is 0 Å². The minimum absolute atomic E-state index is 0.284. The number of benzene rings is 1. The van der Waals surface area contributed by atoms with Crippen molar-refractivity contribution in [1.82, 2.24) is 0 Å². The fourth-order valence-electron chi connectivity index (χ4n) is 1.01. The lowest BCUT2D eigenvalue weighted by atomic mass is 10.3. The van der Waals surface area contributed by atoms with E-state index in [1.165, 1.54) is 6.92 Å². The third-order valence-electron chi connectivity index (χ3n) is 1.83. The maximum Gasteiger partial charge on any atom is 0.346 e. The molecule has 0 heterocycles. The van der Waals surface area contributed by atoms with Crippen LogP contribution in [0.1, 0.15) is 6.92 Å². The third kappa shape index (κ3) is 2.61. The summed E-state index contributed by atoms with van der Waals surface area (Å²) in [5.74, 6) is -3.40. The molecule has 0 saturated carbocycles. The zero-order valence-corrected chi connectivity index (χ0v) is 9.35. The standard InChI is InChI=1S/C10H9ClF2O3/c1-5(10(14)15-2)16-9-7(12)4-3-6(11)8(9)13/h3-5H,1-2H3. The van der Waals surface area contributed by atoms with Crippen LogP contribution in [-0.4, -0.2) is 19.2 Å². The van der Waals surface area contributed by atoms with Crippen LogP contribution in [0.15, 0.2) is 12.1 Å². The summed E-state index contributed by atoms with van der Waals surface area (Å²) in [6.07, 6.45) is -1.12. The Morgan fingerprint density at radius 3 is 2.62 bits per heavy atom. The number of methoxy groups -OCH3 is 1. The summed E-state index contributed by atoms with van der Waals surface area (Å²) in [4.78, 5) is 11.0. The molecular formula is C10H9ClF2O3. The number of halogens is 3. The molecule has 0 aliphatic rings. The Morgan fingerprint density at radius 2 is 2.06 bits per heavy atom. The van der Waals surface area contributed by atoms with Gasteiger partial charge in [0.1, 0.15) is 0 Å². The summed E-state index contributed by atoms with van der Waals surface area (Å²) in [7, 11) is 1.15. The molecule has 1 rings (SSSR count). The molecule has 1 aromatic carbocycles. The minimum Gasteiger partial charge on any atom is -0.473 e. The topological polar surface area (TPSA) is 35.5 Å². The smallest absolute Gasteiger partial charge is 0.346 e. The van der Waals surface area contributed by atoms with E-state index < -0.39 is 29.5 Å². The predicted octanol–water partition coefficient (Wildman–Crippen LogP) is 2.56. The van der Waals surface area contributed by atoms with Gasteiger partial charge in [-0.3, -0.25) is 0 Å². The van der Waals surface area contributed by atoms with Gasteiger partial charge >= 0.3 is 5.97 Å². The molecule has 0 N–H and O–H groups in total. The van der Waals surface area contributed by atoms with Crippen LogP contribution in [0.4, 0.5) is 8.78 Å². The van der Waals surface area contributed by atoms with E-state index >= 15 is 0 Å². The van der Waals surface area contributed by atoms with Crippen molar-refractivity contribution in [3.8, 4) is 5.75 Å². The highest BCUT2D eigenvalue weighted by Crippen LogP contribution is 2.28. The van der Waals surface area contributed by atoms with Crippen LogP contribution in [0.25, 0.3) is 0 Å². The fourth-order valence-corrected chi connectivity index (χ4v) is 1.16. The van der Waals surface area contributed by atoms with Gasteiger partial charge in [-0.2, -0.15) is 0 Å². The van der Waals surface area contributed by atoms with Crippen molar-refractivity contribution in [3.05, 3.63) is 28.8 Å². The van der Waals surface area contributed by atoms with E-state index in [2.05, 4.69) is 4.74 Å². The van der Waals surface area contributed by atoms with Crippen molar-refractivity contribution >= 4 is 17.6 Å². The molecule has 88 valence electrons. The van der Waals surface area contributed by atoms with Crippen LogP contribution in [-0.2, 0) is 9.53 Å². The molecule has 1 unspecified atom stereocenters. The normalized spacial score (nSPS) is 12.1. The molecule has 0 amide bonds. The van der Waals surface area contributed by atoms with E-state index in [0.717, 1.165) is 19.2 Å². The number of hydrogen-bond donors (Lipinski definition) is 0. The van der Waals surface area contributed by atoms with E-state index in [-0.39, 0.29) is 5.02 Å². The summed E-state index contributed by atoms with van der Waals surface area (Å²) in [6, 6.07) is 2.01. The number of carbonyl (C=O) groups excluding carboxylic acids is 1. The highest BCUT2D eigenvalue weighted by Gasteiger charge is 2.21. The predicted molar refractivity (Wildman–Crippen MR) is 53.5 cm³/mol. The molecular weight excluding hydrogens is 242 g/mol. The van der Waals surface area contributed by atoms with Gasteiger partial charge in [0.2, 0.25) is 0 Å². The maximum atomic E-state index is 13.3. The van der Waals surface area contributed by atoms with E-state index in [0.29, 0.717) is 0 Å². The van der Waals surface area contributed by atoms with Crippen molar-refractivity contribution < 1.29 is 23.0 Å². The van der Waals surface area contributed by atoms with Gasteiger partial charge in [-0.25, -0.2) is 13.6 Å². The average Bonchev–Trinajstić information content (AvgIpc) is 2.28. The maximum absolute atomic E-state index is 13.3. The molecule has 1 atom stereocenters. The number of carbonyl (C=O) groups is 1. The number of hydrogen-bond acceptors (Lipinski definition) is 3. The van der Waals surface area contributed by atoms with Crippen molar-refractivity contribution in [1.29, 1.82) is 0 Å². The van der Waals surface area contributed by atoms with Crippen LogP contribution in [0.2, 0.25) is 5.02 Å². The van der Waals surface area contributed by atoms with E-state index in [9.17, 15) is 13.6 Å². The fraction of sp³-hybridized carbons (Fsp3) is 0.300. The lowest BCUT2D eigenvalue weighted by Crippen LogP contribution is -2.25. The van der Waals surface area contributed by atoms with Crippen molar-refractivity contribution in [2.24, 2.45) is 0 Å². The van der Waals surface area contributed by atoms with Crippen LogP contribution >= 0.6 is 11.6 Å². The van der Waals surface area contributed by atoms with E-state index in [1.54, 1.807) is 0 Å². The second-order valence-corrected chi connectivity index (χ2v) is 3.36. The largest absolute Gasteiger partial charge is 0.473 e. The summed E-state index contributed by atoms with van der Waals surface area (Å²) in [6.45, 7) is 1.31. The molecule has 0 aliphatic carbocycles. The molecule has 0 bridgehead atoms. The molecule has 0 spiro atoms. The second kappa shape index (κ2) is 5.12. The monoisotopic (exact) mass is 250 g/mol. The van der Waals surface area contributed by atoms with Gasteiger partial charge in [-0.1, -0.05) is 11.6 Å². The van der Waals surface area contributed by atoms with Gasteiger partial charge in [0, 0.05) is 0 Å². The molecule has 0 saturated heterocycles. The Kier molecular flexibility index (Phi) is 4.06. The molecule has 3 nitrogen and oxygen atoms in total. The molecule has 1 aromatic rings. The Morgan fingerprint density at radius 1 is 1.44 bits per heavy atom.